The number of nitrogens with two attached hydrogens (primary N) is 1. The van der Waals surface area contributed by atoms with E-state index in [1.165, 1.54) is 12.8 Å². The van der Waals surface area contributed by atoms with Gasteiger partial charge in [0.15, 0.2) is 0 Å². The predicted octanol–water partition coefficient (Wildman–Crippen LogP) is 2.31. The molecule has 4 N–H and O–H groups in total. The van der Waals surface area contributed by atoms with E-state index in [0.717, 1.165) is 24.3 Å². The zero-order chi connectivity index (χ0) is 15.2. The van der Waals surface area contributed by atoms with Gasteiger partial charge < -0.3 is 16.4 Å². The third-order valence-corrected chi connectivity index (χ3v) is 4.02. The first kappa shape index (κ1) is 15.8. The number of carbonyl (C=O) groups is 1. The SMILES string of the molecule is CC(N)c1ccc(NC(=O)NCC(C)N2CCCC2)cc1. The van der Waals surface area contributed by atoms with Gasteiger partial charge in [-0.2, -0.15) is 0 Å². The number of hydrogen-bond donors (Lipinski definition) is 3. The highest BCUT2D eigenvalue weighted by molar-refractivity contribution is 5.89. The molecule has 2 amide bonds. The molecule has 0 aliphatic carbocycles. The Balaban J connectivity index is 1.76. The van der Waals surface area contributed by atoms with Crippen molar-refractivity contribution >= 4 is 11.7 Å². The number of amides is 2. The van der Waals surface area contributed by atoms with Gasteiger partial charge in [-0.1, -0.05) is 12.1 Å². The van der Waals surface area contributed by atoms with Crippen LogP contribution in [0.1, 0.15) is 38.3 Å². The van der Waals surface area contributed by atoms with Gasteiger partial charge in [0.2, 0.25) is 0 Å². The van der Waals surface area contributed by atoms with Crippen LogP contribution in [0.15, 0.2) is 24.3 Å². The van der Waals surface area contributed by atoms with Crippen LogP contribution in [0.2, 0.25) is 0 Å². The maximum Gasteiger partial charge on any atom is 0.319 e. The largest absolute Gasteiger partial charge is 0.336 e. The summed E-state index contributed by atoms with van der Waals surface area (Å²) >= 11 is 0. The molecule has 1 aliphatic heterocycles. The molecule has 2 rings (SSSR count). The van der Waals surface area contributed by atoms with E-state index in [0.29, 0.717) is 12.6 Å². The van der Waals surface area contributed by atoms with Crippen LogP contribution in [0, 0.1) is 0 Å². The number of nitrogens with zero attached hydrogens (tertiary/aromatic N) is 1. The van der Waals surface area contributed by atoms with Crippen LogP contribution in [0.5, 0.6) is 0 Å². The summed E-state index contributed by atoms with van der Waals surface area (Å²) < 4.78 is 0. The summed E-state index contributed by atoms with van der Waals surface area (Å²) in [5.41, 5.74) is 7.64. The minimum absolute atomic E-state index is 0.00851. The molecular weight excluding hydrogens is 264 g/mol. The Morgan fingerprint density at radius 1 is 1.24 bits per heavy atom. The highest BCUT2D eigenvalue weighted by atomic mass is 16.2. The standard InChI is InChI=1S/C16H26N4O/c1-12(20-9-3-4-10-20)11-18-16(21)19-15-7-5-14(6-8-15)13(2)17/h5-8,12-13H,3-4,9-11,17H2,1-2H3,(H2,18,19,21). The van der Waals surface area contributed by atoms with Crippen molar-refractivity contribution in [2.45, 2.75) is 38.8 Å². The van der Waals surface area contributed by atoms with Gasteiger partial charge in [0.25, 0.3) is 0 Å². The molecule has 0 bridgehead atoms. The van der Waals surface area contributed by atoms with Gasteiger partial charge in [-0.25, -0.2) is 4.79 Å². The van der Waals surface area contributed by atoms with Crippen LogP contribution in [-0.2, 0) is 0 Å². The molecule has 1 fully saturated rings. The summed E-state index contributed by atoms with van der Waals surface area (Å²) in [5, 5.41) is 5.77. The quantitative estimate of drug-likeness (QED) is 0.779. The second-order valence-electron chi connectivity index (χ2n) is 5.84. The Morgan fingerprint density at radius 2 is 1.86 bits per heavy atom. The number of hydrogen-bond acceptors (Lipinski definition) is 3. The van der Waals surface area contributed by atoms with Gasteiger partial charge in [-0.3, -0.25) is 4.90 Å². The molecule has 1 aromatic rings. The summed E-state index contributed by atoms with van der Waals surface area (Å²) in [6.45, 7) is 7.05. The van der Waals surface area contributed by atoms with Crippen LogP contribution >= 0.6 is 0 Å². The number of carbonyl (C=O) groups excluding carboxylic acids is 1. The van der Waals surface area contributed by atoms with E-state index in [9.17, 15) is 4.79 Å². The molecule has 0 spiro atoms. The van der Waals surface area contributed by atoms with Gasteiger partial charge in [-0.05, 0) is 57.5 Å². The van der Waals surface area contributed by atoms with Gasteiger partial charge in [0.1, 0.15) is 0 Å². The molecule has 2 atom stereocenters. The Morgan fingerprint density at radius 3 is 2.43 bits per heavy atom. The molecular formula is C16H26N4O. The monoisotopic (exact) mass is 290 g/mol. The van der Waals surface area contributed by atoms with Crippen LogP contribution in [0.4, 0.5) is 10.5 Å². The molecule has 5 nitrogen and oxygen atoms in total. The van der Waals surface area contributed by atoms with Crippen LogP contribution in [-0.4, -0.2) is 36.6 Å². The lowest BCUT2D eigenvalue weighted by Crippen LogP contribution is -2.42. The average Bonchev–Trinajstić information content (AvgIpc) is 2.99. The number of benzene rings is 1. The van der Waals surface area contributed by atoms with E-state index < -0.39 is 0 Å². The summed E-state index contributed by atoms with van der Waals surface area (Å²) in [5.74, 6) is 0. The lowest BCUT2D eigenvalue weighted by molar-refractivity contribution is 0.234. The summed E-state index contributed by atoms with van der Waals surface area (Å²) in [4.78, 5) is 14.3. The molecule has 1 aliphatic rings. The van der Waals surface area contributed by atoms with E-state index in [-0.39, 0.29) is 12.1 Å². The van der Waals surface area contributed by atoms with Crippen LogP contribution < -0.4 is 16.4 Å². The second-order valence-corrected chi connectivity index (χ2v) is 5.84. The first-order chi connectivity index (χ1) is 10.1. The van der Waals surface area contributed by atoms with Gasteiger partial charge >= 0.3 is 6.03 Å². The van der Waals surface area contributed by atoms with Crippen molar-refractivity contribution in [2.24, 2.45) is 5.73 Å². The molecule has 21 heavy (non-hydrogen) atoms. The van der Waals surface area contributed by atoms with E-state index >= 15 is 0 Å². The Kier molecular flexibility index (Phi) is 5.59. The normalized spacial score (nSPS) is 18.2. The van der Waals surface area contributed by atoms with Gasteiger partial charge in [0, 0.05) is 24.3 Å². The number of nitrogens with one attached hydrogen (secondary N) is 2. The Bertz CT molecular complexity index is 452. The minimum Gasteiger partial charge on any atom is -0.336 e. The molecule has 5 heteroatoms. The van der Waals surface area contributed by atoms with E-state index in [2.05, 4.69) is 22.5 Å². The van der Waals surface area contributed by atoms with Crippen LogP contribution in [0.25, 0.3) is 0 Å². The summed E-state index contributed by atoms with van der Waals surface area (Å²) in [7, 11) is 0. The lowest BCUT2D eigenvalue weighted by Gasteiger charge is -2.23. The maximum atomic E-state index is 11.9. The highest BCUT2D eigenvalue weighted by Crippen LogP contribution is 2.14. The number of urea groups is 1. The molecule has 0 aromatic heterocycles. The second kappa shape index (κ2) is 7.43. The van der Waals surface area contributed by atoms with Crippen molar-refractivity contribution < 1.29 is 4.79 Å². The maximum absolute atomic E-state index is 11.9. The lowest BCUT2D eigenvalue weighted by atomic mass is 10.1. The zero-order valence-corrected chi connectivity index (χ0v) is 12.9. The van der Waals surface area contributed by atoms with E-state index in [4.69, 9.17) is 5.73 Å². The molecule has 1 aromatic carbocycles. The first-order valence-electron chi connectivity index (χ1n) is 7.70. The Hall–Kier alpha value is -1.59. The van der Waals surface area contributed by atoms with Crippen molar-refractivity contribution in [3.8, 4) is 0 Å². The third kappa shape index (κ3) is 4.72. The fourth-order valence-electron chi connectivity index (χ4n) is 2.60. The van der Waals surface area contributed by atoms with Crippen molar-refractivity contribution in [1.82, 2.24) is 10.2 Å². The first-order valence-corrected chi connectivity index (χ1v) is 7.70. The van der Waals surface area contributed by atoms with Crippen molar-refractivity contribution in [3.63, 3.8) is 0 Å². The number of anilines is 1. The van der Waals surface area contributed by atoms with Crippen molar-refractivity contribution in [3.05, 3.63) is 29.8 Å². The van der Waals surface area contributed by atoms with Crippen molar-refractivity contribution in [1.29, 1.82) is 0 Å². The molecule has 2 unspecified atom stereocenters. The third-order valence-electron chi connectivity index (χ3n) is 4.02. The van der Waals surface area contributed by atoms with Gasteiger partial charge in [0.05, 0.1) is 0 Å². The molecule has 116 valence electrons. The summed E-state index contributed by atoms with van der Waals surface area (Å²) in [6, 6.07) is 7.87. The summed E-state index contributed by atoms with van der Waals surface area (Å²) in [6.07, 6.45) is 2.53. The van der Waals surface area contributed by atoms with Gasteiger partial charge in [-0.15, -0.1) is 0 Å². The van der Waals surface area contributed by atoms with E-state index in [1.54, 1.807) is 0 Å². The fraction of sp³-hybridized carbons (Fsp3) is 0.562. The number of rotatable bonds is 5. The average molecular weight is 290 g/mol. The molecule has 0 radical (unpaired) electrons. The van der Waals surface area contributed by atoms with E-state index in [1.807, 2.05) is 31.2 Å². The minimum atomic E-state index is -0.158. The topological polar surface area (TPSA) is 70.4 Å². The molecule has 1 saturated heterocycles. The Labute approximate surface area is 126 Å². The zero-order valence-electron chi connectivity index (χ0n) is 12.9. The molecule has 0 saturated carbocycles. The number of likely N-dealkylation sites (tertiary alicyclic amines) is 1. The highest BCUT2D eigenvalue weighted by Gasteiger charge is 2.18. The van der Waals surface area contributed by atoms with Crippen LogP contribution in [0.3, 0.4) is 0 Å². The van der Waals surface area contributed by atoms with Crippen molar-refractivity contribution in [2.75, 3.05) is 25.0 Å². The fourth-order valence-corrected chi connectivity index (χ4v) is 2.60. The predicted molar refractivity (Wildman–Crippen MR) is 86.3 cm³/mol. The molecule has 1 heterocycles. The smallest absolute Gasteiger partial charge is 0.319 e.